The van der Waals surface area contributed by atoms with Gasteiger partial charge in [0.25, 0.3) is 0 Å². The minimum absolute atomic E-state index is 0.814. The molecule has 0 unspecified atom stereocenters. The Morgan fingerprint density at radius 2 is 2.13 bits per heavy atom. The molecular weight excluding hydrogens is 186 g/mol. The van der Waals surface area contributed by atoms with Crippen LogP contribution >= 0.6 is 0 Å². The Morgan fingerprint density at radius 3 is 2.60 bits per heavy atom. The van der Waals surface area contributed by atoms with Crippen molar-refractivity contribution in [1.29, 1.82) is 0 Å². The van der Waals surface area contributed by atoms with Gasteiger partial charge in [0.2, 0.25) is 0 Å². The summed E-state index contributed by atoms with van der Waals surface area (Å²) in [4.78, 5) is 12.4. The van der Waals surface area contributed by atoms with Crippen LogP contribution in [0.15, 0.2) is 41.8 Å². The van der Waals surface area contributed by atoms with Crippen molar-refractivity contribution in [3.05, 3.63) is 42.5 Å². The molecule has 0 N–H and O–H groups in total. The SMILES string of the molecule is C=C(C)/C=C(\N=C(C)C)c1ccncn1. The molecule has 0 saturated heterocycles. The number of allylic oxidation sites excluding steroid dienone is 2. The van der Waals surface area contributed by atoms with Crippen molar-refractivity contribution in [2.45, 2.75) is 20.8 Å². The maximum Gasteiger partial charge on any atom is 0.116 e. The average molecular weight is 201 g/mol. The topological polar surface area (TPSA) is 38.1 Å². The van der Waals surface area contributed by atoms with Crippen LogP contribution in [-0.2, 0) is 0 Å². The fourth-order valence-electron chi connectivity index (χ4n) is 1.08. The predicted octanol–water partition coefficient (Wildman–Crippen LogP) is 2.87. The lowest BCUT2D eigenvalue weighted by molar-refractivity contribution is 1.13. The van der Waals surface area contributed by atoms with E-state index < -0.39 is 0 Å². The zero-order valence-electron chi connectivity index (χ0n) is 9.36. The Hall–Kier alpha value is -1.77. The maximum atomic E-state index is 4.41. The van der Waals surface area contributed by atoms with E-state index in [-0.39, 0.29) is 0 Å². The minimum atomic E-state index is 0.814. The van der Waals surface area contributed by atoms with Crippen LogP contribution in [0.25, 0.3) is 5.70 Å². The molecule has 15 heavy (non-hydrogen) atoms. The zero-order valence-corrected chi connectivity index (χ0v) is 9.36. The maximum absolute atomic E-state index is 4.41. The molecule has 78 valence electrons. The van der Waals surface area contributed by atoms with Gasteiger partial charge >= 0.3 is 0 Å². The Labute approximate surface area is 90.3 Å². The van der Waals surface area contributed by atoms with Gasteiger partial charge in [0.1, 0.15) is 6.33 Å². The second-order valence-corrected chi connectivity index (χ2v) is 3.53. The Morgan fingerprint density at radius 1 is 1.40 bits per heavy atom. The molecule has 0 aliphatic carbocycles. The van der Waals surface area contributed by atoms with Gasteiger partial charge < -0.3 is 0 Å². The van der Waals surface area contributed by atoms with Gasteiger partial charge in [0.15, 0.2) is 0 Å². The summed E-state index contributed by atoms with van der Waals surface area (Å²) in [5.74, 6) is 0. The van der Waals surface area contributed by atoms with Crippen LogP contribution in [0.3, 0.4) is 0 Å². The highest BCUT2D eigenvalue weighted by Crippen LogP contribution is 2.14. The van der Waals surface area contributed by atoms with Crippen LogP contribution in [0, 0.1) is 0 Å². The number of nitrogens with zero attached hydrogens (tertiary/aromatic N) is 3. The van der Waals surface area contributed by atoms with Gasteiger partial charge in [-0.2, -0.15) is 0 Å². The molecule has 0 atom stereocenters. The fraction of sp³-hybridized carbons (Fsp3) is 0.250. The number of hydrogen-bond donors (Lipinski definition) is 0. The molecule has 0 spiro atoms. The summed E-state index contributed by atoms with van der Waals surface area (Å²) in [5, 5.41) is 0. The predicted molar refractivity (Wildman–Crippen MR) is 63.6 cm³/mol. The van der Waals surface area contributed by atoms with Gasteiger partial charge in [-0.1, -0.05) is 12.2 Å². The van der Waals surface area contributed by atoms with Crippen LogP contribution in [-0.4, -0.2) is 15.7 Å². The van der Waals surface area contributed by atoms with Crippen LogP contribution in [0.1, 0.15) is 26.5 Å². The van der Waals surface area contributed by atoms with Crippen LogP contribution in [0.2, 0.25) is 0 Å². The molecule has 0 radical (unpaired) electrons. The first-order valence-corrected chi connectivity index (χ1v) is 4.75. The van der Waals surface area contributed by atoms with E-state index in [1.165, 1.54) is 6.33 Å². The molecule has 3 heteroatoms. The smallest absolute Gasteiger partial charge is 0.116 e. The van der Waals surface area contributed by atoms with E-state index in [4.69, 9.17) is 0 Å². The van der Waals surface area contributed by atoms with E-state index in [0.717, 1.165) is 22.7 Å². The summed E-state index contributed by atoms with van der Waals surface area (Å²) in [6.45, 7) is 9.67. The number of aromatic nitrogens is 2. The second kappa shape index (κ2) is 5.20. The minimum Gasteiger partial charge on any atom is -0.256 e. The number of hydrogen-bond acceptors (Lipinski definition) is 3. The van der Waals surface area contributed by atoms with Crippen molar-refractivity contribution in [2.75, 3.05) is 0 Å². The van der Waals surface area contributed by atoms with E-state index in [9.17, 15) is 0 Å². The van der Waals surface area contributed by atoms with Crippen molar-refractivity contribution in [2.24, 2.45) is 4.99 Å². The molecule has 1 aromatic rings. The van der Waals surface area contributed by atoms with Gasteiger partial charge in [0.05, 0.1) is 11.4 Å². The normalized spacial score (nSPS) is 11.0. The summed E-state index contributed by atoms with van der Waals surface area (Å²) < 4.78 is 0. The third-order valence-corrected chi connectivity index (χ3v) is 1.57. The van der Waals surface area contributed by atoms with Crippen LogP contribution in [0.5, 0.6) is 0 Å². The van der Waals surface area contributed by atoms with Crippen LogP contribution < -0.4 is 0 Å². The molecule has 0 aliphatic rings. The molecule has 0 fully saturated rings. The first-order chi connectivity index (χ1) is 7.09. The Bertz CT molecular complexity index is 398. The third-order valence-electron chi connectivity index (χ3n) is 1.57. The number of rotatable bonds is 3. The molecule has 1 heterocycles. The fourth-order valence-corrected chi connectivity index (χ4v) is 1.08. The molecule has 0 amide bonds. The van der Waals surface area contributed by atoms with Crippen molar-refractivity contribution in [1.82, 2.24) is 9.97 Å². The standard InChI is InChI=1S/C12H15N3/c1-9(2)7-12(15-10(3)4)11-5-6-13-8-14-11/h5-8H,1H2,2-4H3/b12-7-. The van der Waals surface area contributed by atoms with Crippen molar-refractivity contribution in [3.8, 4) is 0 Å². The summed E-state index contributed by atoms with van der Waals surface area (Å²) in [5.41, 5.74) is 3.58. The van der Waals surface area contributed by atoms with E-state index in [1.54, 1.807) is 6.20 Å². The van der Waals surface area contributed by atoms with Gasteiger partial charge in [-0.05, 0) is 32.9 Å². The van der Waals surface area contributed by atoms with Gasteiger partial charge in [-0.25, -0.2) is 9.97 Å². The summed E-state index contributed by atoms with van der Waals surface area (Å²) in [6, 6.07) is 1.83. The van der Waals surface area contributed by atoms with Gasteiger partial charge in [-0.15, -0.1) is 0 Å². The number of aliphatic imine (C=N–C) groups is 1. The van der Waals surface area contributed by atoms with Gasteiger partial charge in [-0.3, -0.25) is 4.99 Å². The average Bonchev–Trinajstić information content (AvgIpc) is 2.17. The van der Waals surface area contributed by atoms with Crippen LogP contribution in [0.4, 0.5) is 0 Å². The highest BCUT2D eigenvalue weighted by Gasteiger charge is 2.00. The Kier molecular flexibility index (Phi) is 3.92. The van der Waals surface area contributed by atoms with E-state index in [0.29, 0.717) is 0 Å². The monoisotopic (exact) mass is 201 g/mol. The molecule has 1 rings (SSSR count). The molecule has 1 aromatic heterocycles. The summed E-state index contributed by atoms with van der Waals surface area (Å²) >= 11 is 0. The molecular formula is C12H15N3. The first kappa shape index (κ1) is 11.3. The third kappa shape index (κ3) is 3.85. The molecule has 0 saturated carbocycles. The van der Waals surface area contributed by atoms with Crippen molar-refractivity contribution >= 4 is 11.4 Å². The molecule has 3 nitrogen and oxygen atoms in total. The first-order valence-electron chi connectivity index (χ1n) is 4.75. The van der Waals surface area contributed by atoms with E-state index >= 15 is 0 Å². The highest BCUT2D eigenvalue weighted by atomic mass is 14.9. The lowest BCUT2D eigenvalue weighted by Crippen LogP contribution is -1.91. The lowest BCUT2D eigenvalue weighted by Gasteiger charge is -2.01. The quantitative estimate of drug-likeness (QED) is 0.557. The summed E-state index contributed by atoms with van der Waals surface area (Å²) in [6.07, 6.45) is 5.13. The van der Waals surface area contributed by atoms with Crippen molar-refractivity contribution in [3.63, 3.8) is 0 Å². The molecule has 0 aromatic carbocycles. The summed E-state index contributed by atoms with van der Waals surface area (Å²) in [7, 11) is 0. The molecule has 0 bridgehead atoms. The van der Waals surface area contributed by atoms with Gasteiger partial charge in [0, 0.05) is 11.9 Å². The molecule has 0 aliphatic heterocycles. The zero-order chi connectivity index (χ0) is 11.3. The van der Waals surface area contributed by atoms with E-state index in [1.807, 2.05) is 32.9 Å². The highest BCUT2D eigenvalue weighted by molar-refractivity contribution is 5.85. The van der Waals surface area contributed by atoms with Crippen molar-refractivity contribution < 1.29 is 0 Å². The lowest BCUT2D eigenvalue weighted by atomic mass is 10.2. The van der Waals surface area contributed by atoms with E-state index in [2.05, 4.69) is 21.5 Å². The second-order valence-electron chi connectivity index (χ2n) is 3.53. The Balaban J connectivity index is 3.14. The largest absolute Gasteiger partial charge is 0.256 e.